The number of nitrogens with zero attached hydrogens (tertiary/aromatic N) is 5. The van der Waals surface area contributed by atoms with Crippen molar-refractivity contribution in [2.45, 2.75) is 6.92 Å². The predicted octanol–water partition coefficient (Wildman–Crippen LogP) is 2.19. The summed E-state index contributed by atoms with van der Waals surface area (Å²) in [6, 6.07) is 4.14. The van der Waals surface area contributed by atoms with E-state index >= 15 is 0 Å². The number of rotatable bonds is 4. The Balaban J connectivity index is 1.93. The average Bonchev–Trinajstić information content (AvgIpc) is 3.18. The number of nitrogens with one attached hydrogen (secondary N) is 1. The zero-order valence-corrected chi connectivity index (χ0v) is 12.6. The zero-order valence-electron chi connectivity index (χ0n) is 11.8. The smallest absolute Gasteiger partial charge is 0.295 e. The normalized spacial score (nSPS) is 10.5. The third-order valence-electron chi connectivity index (χ3n) is 2.94. The van der Waals surface area contributed by atoms with Crippen LogP contribution in [0.2, 0.25) is 0 Å². The van der Waals surface area contributed by atoms with Gasteiger partial charge >= 0.3 is 0 Å². The minimum Gasteiger partial charge on any atom is -0.298 e. The molecule has 3 aromatic rings. The molecule has 0 spiro atoms. The Hall–Kier alpha value is -3.14. The van der Waals surface area contributed by atoms with Crippen LogP contribution in [0.1, 0.15) is 15.2 Å². The number of nitro groups is 1. The molecular formula is C13H10N6O3S. The van der Waals surface area contributed by atoms with E-state index in [1.807, 2.05) is 6.92 Å². The predicted molar refractivity (Wildman–Crippen MR) is 82.8 cm³/mol. The lowest BCUT2D eigenvalue weighted by Crippen LogP contribution is -2.12. The van der Waals surface area contributed by atoms with Crippen molar-refractivity contribution < 1.29 is 9.72 Å². The number of carbonyl (C=O) groups excluding carboxylic acids is 1. The first-order chi connectivity index (χ1) is 11.0. The summed E-state index contributed by atoms with van der Waals surface area (Å²) in [5.41, 5.74) is 0.154. The minimum absolute atomic E-state index is 0.161. The number of aromatic nitrogens is 4. The van der Waals surface area contributed by atoms with Crippen molar-refractivity contribution in [2.24, 2.45) is 0 Å². The van der Waals surface area contributed by atoms with Crippen LogP contribution in [0.3, 0.4) is 0 Å². The van der Waals surface area contributed by atoms with Gasteiger partial charge in [-0.1, -0.05) is 0 Å². The van der Waals surface area contributed by atoms with Gasteiger partial charge in [0.1, 0.15) is 18.3 Å². The topological polar surface area (TPSA) is 116 Å². The van der Waals surface area contributed by atoms with Gasteiger partial charge in [-0.05, 0) is 19.1 Å². The molecule has 0 atom stereocenters. The number of thiazole rings is 1. The number of hydrogen-bond donors (Lipinski definition) is 1. The molecule has 0 saturated carbocycles. The van der Waals surface area contributed by atoms with Gasteiger partial charge in [0.25, 0.3) is 11.6 Å². The second-order valence-electron chi connectivity index (χ2n) is 4.53. The second-order valence-corrected chi connectivity index (χ2v) is 5.77. The standard InChI is InChI=1S/C13H10N6O3S/c1-8-5-15-13(23-8)17-12(20)9-2-3-10(11(4-9)19(21)22)18-7-14-6-16-18/h2-7H,1H3,(H,15,17,20). The van der Waals surface area contributed by atoms with E-state index in [1.165, 1.54) is 46.9 Å². The third-order valence-corrected chi connectivity index (χ3v) is 3.77. The molecule has 116 valence electrons. The van der Waals surface area contributed by atoms with Crippen molar-refractivity contribution in [1.29, 1.82) is 0 Å². The summed E-state index contributed by atoms with van der Waals surface area (Å²) in [6.07, 6.45) is 4.26. The fraction of sp³-hybridized carbons (Fsp3) is 0.0769. The molecular weight excluding hydrogens is 320 g/mol. The molecule has 0 aliphatic rings. The first-order valence-electron chi connectivity index (χ1n) is 6.42. The summed E-state index contributed by atoms with van der Waals surface area (Å²) in [5.74, 6) is -0.465. The van der Waals surface area contributed by atoms with E-state index in [9.17, 15) is 14.9 Å². The lowest BCUT2D eigenvalue weighted by Gasteiger charge is -2.05. The molecule has 2 heterocycles. The van der Waals surface area contributed by atoms with E-state index in [0.717, 1.165) is 4.88 Å². The maximum absolute atomic E-state index is 12.2. The van der Waals surface area contributed by atoms with E-state index in [1.54, 1.807) is 6.20 Å². The summed E-state index contributed by atoms with van der Waals surface area (Å²) in [7, 11) is 0. The van der Waals surface area contributed by atoms with Crippen LogP contribution in [-0.4, -0.2) is 30.6 Å². The van der Waals surface area contributed by atoms with Crippen molar-refractivity contribution in [2.75, 3.05) is 5.32 Å². The molecule has 10 heteroatoms. The molecule has 1 N–H and O–H groups in total. The number of carbonyl (C=O) groups is 1. The Morgan fingerprint density at radius 3 is 2.87 bits per heavy atom. The average molecular weight is 330 g/mol. The molecule has 9 nitrogen and oxygen atoms in total. The summed E-state index contributed by atoms with van der Waals surface area (Å²) in [4.78, 5) is 31.6. The number of anilines is 1. The number of aryl methyl sites for hydroxylation is 1. The molecule has 0 aliphatic carbocycles. The molecule has 0 bridgehead atoms. The summed E-state index contributed by atoms with van der Waals surface area (Å²) < 4.78 is 1.27. The van der Waals surface area contributed by atoms with Crippen LogP contribution in [0.25, 0.3) is 5.69 Å². The fourth-order valence-corrected chi connectivity index (χ4v) is 2.58. The highest BCUT2D eigenvalue weighted by atomic mass is 32.1. The highest BCUT2D eigenvalue weighted by molar-refractivity contribution is 7.15. The summed E-state index contributed by atoms with van der Waals surface area (Å²) in [5, 5.41) is 18.2. The number of amides is 1. The van der Waals surface area contributed by atoms with Gasteiger partial charge in [-0.15, -0.1) is 11.3 Å². The quantitative estimate of drug-likeness (QED) is 0.579. The summed E-state index contributed by atoms with van der Waals surface area (Å²) >= 11 is 1.32. The van der Waals surface area contributed by atoms with Crippen LogP contribution in [-0.2, 0) is 0 Å². The van der Waals surface area contributed by atoms with Crippen LogP contribution in [0.4, 0.5) is 10.8 Å². The molecule has 3 rings (SSSR count). The monoisotopic (exact) mass is 330 g/mol. The molecule has 1 amide bonds. The molecule has 1 aromatic carbocycles. The first-order valence-corrected chi connectivity index (χ1v) is 7.23. The lowest BCUT2D eigenvalue weighted by molar-refractivity contribution is -0.384. The second kappa shape index (κ2) is 5.93. The van der Waals surface area contributed by atoms with E-state index in [0.29, 0.717) is 5.13 Å². The van der Waals surface area contributed by atoms with E-state index < -0.39 is 10.8 Å². The highest BCUT2D eigenvalue weighted by Crippen LogP contribution is 2.24. The molecule has 0 saturated heterocycles. The molecule has 0 unspecified atom stereocenters. The molecule has 0 fully saturated rings. The summed E-state index contributed by atoms with van der Waals surface area (Å²) in [6.45, 7) is 1.87. The van der Waals surface area contributed by atoms with Crippen molar-refractivity contribution in [3.63, 3.8) is 0 Å². The van der Waals surface area contributed by atoms with Crippen LogP contribution in [0, 0.1) is 17.0 Å². The lowest BCUT2D eigenvalue weighted by atomic mass is 10.1. The van der Waals surface area contributed by atoms with E-state index in [-0.39, 0.29) is 16.9 Å². The van der Waals surface area contributed by atoms with Crippen molar-refractivity contribution in [3.8, 4) is 5.69 Å². The SMILES string of the molecule is Cc1cnc(NC(=O)c2ccc(-n3cncn3)c([N+](=O)[O-])c2)s1. The van der Waals surface area contributed by atoms with E-state index in [2.05, 4.69) is 20.4 Å². The Labute approximate surface area is 133 Å². The third kappa shape index (κ3) is 3.06. The largest absolute Gasteiger partial charge is 0.298 e. The van der Waals surface area contributed by atoms with Crippen molar-refractivity contribution in [3.05, 3.63) is 57.6 Å². The van der Waals surface area contributed by atoms with Crippen LogP contribution >= 0.6 is 11.3 Å². The number of benzene rings is 1. The molecule has 23 heavy (non-hydrogen) atoms. The van der Waals surface area contributed by atoms with Gasteiger partial charge < -0.3 is 0 Å². The highest BCUT2D eigenvalue weighted by Gasteiger charge is 2.19. The maximum atomic E-state index is 12.2. The van der Waals surface area contributed by atoms with Gasteiger partial charge in [-0.2, -0.15) is 5.10 Å². The first kappa shape index (κ1) is 14.8. The maximum Gasteiger partial charge on any atom is 0.295 e. The van der Waals surface area contributed by atoms with Gasteiger partial charge in [0, 0.05) is 22.7 Å². The molecule has 0 aliphatic heterocycles. The van der Waals surface area contributed by atoms with Gasteiger partial charge in [-0.25, -0.2) is 14.6 Å². The minimum atomic E-state index is -0.568. The van der Waals surface area contributed by atoms with Crippen LogP contribution in [0.15, 0.2) is 37.1 Å². The molecule has 2 aromatic heterocycles. The van der Waals surface area contributed by atoms with Crippen LogP contribution in [0.5, 0.6) is 0 Å². The number of nitro benzene ring substituents is 1. The van der Waals surface area contributed by atoms with Gasteiger partial charge in [0.15, 0.2) is 5.13 Å². The Morgan fingerprint density at radius 1 is 1.43 bits per heavy atom. The van der Waals surface area contributed by atoms with Crippen LogP contribution < -0.4 is 5.32 Å². The zero-order chi connectivity index (χ0) is 16.4. The number of hydrogen-bond acceptors (Lipinski definition) is 7. The van der Waals surface area contributed by atoms with Crippen molar-refractivity contribution in [1.82, 2.24) is 19.7 Å². The molecule has 0 radical (unpaired) electrons. The van der Waals surface area contributed by atoms with Gasteiger partial charge in [0.05, 0.1) is 4.92 Å². The van der Waals surface area contributed by atoms with Gasteiger partial charge in [0.2, 0.25) is 0 Å². The Bertz CT molecular complexity index is 874. The Kier molecular flexibility index (Phi) is 3.81. The Morgan fingerprint density at radius 2 is 2.26 bits per heavy atom. The fourth-order valence-electron chi connectivity index (χ4n) is 1.92. The van der Waals surface area contributed by atoms with Gasteiger partial charge in [-0.3, -0.25) is 20.2 Å². The van der Waals surface area contributed by atoms with Crippen molar-refractivity contribution >= 4 is 28.1 Å². The van der Waals surface area contributed by atoms with E-state index in [4.69, 9.17) is 0 Å².